The first-order valence-electron chi connectivity index (χ1n) is 3.42. The molecule has 1 saturated heterocycles. The van der Waals surface area contributed by atoms with Crippen LogP contribution in [-0.2, 0) is 4.79 Å². The number of thiol groups is 1. The Hall–Kier alpha value is -0.260. The predicted molar refractivity (Wildman–Crippen MR) is 47.2 cm³/mol. The van der Waals surface area contributed by atoms with Crippen molar-refractivity contribution in [2.24, 2.45) is 0 Å². The van der Waals surface area contributed by atoms with Crippen LogP contribution in [0.3, 0.4) is 0 Å². The normalized spacial score (nSPS) is 23.3. The number of carboxylic acids is 1. The standard InChI is InChI=1S/C5H10N2O2.CH4S/c8-5(9)4-3-6-1-2-7-4;1-2/h4,6-7H,1-3H2,(H,8,9);2H,1H3. The van der Waals surface area contributed by atoms with Gasteiger partial charge in [0.05, 0.1) is 0 Å². The van der Waals surface area contributed by atoms with Gasteiger partial charge in [0.15, 0.2) is 0 Å². The second-order valence-electron chi connectivity index (χ2n) is 2.05. The minimum absolute atomic E-state index is 0.390. The zero-order chi connectivity index (χ0) is 8.69. The van der Waals surface area contributed by atoms with E-state index < -0.39 is 12.0 Å². The summed E-state index contributed by atoms with van der Waals surface area (Å²) in [4.78, 5) is 10.3. The molecular formula is C6H14N2O2S. The van der Waals surface area contributed by atoms with E-state index in [1.807, 2.05) is 0 Å². The molecule has 1 atom stereocenters. The van der Waals surface area contributed by atoms with Gasteiger partial charge in [-0.1, -0.05) is 0 Å². The highest BCUT2D eigenvalue weighted by molar-refractivity contribution is 7.79. The molecule has 0 radical (unpaired) electrons. The summed E-state index contributed by atoms with van der Waals surface area (Å²) in [6, 6.07) is -0.390. The van der Waals surface area contributed by atoms with Crippen LogP contribution < -0.4 is 10.6 Å². The van der Waals surface area contributed by atoms with Crippen molar-refractivity contribution in [1.82, 2.24) is 10.6 Å². The molecule has 66 valence electrons. The van der Waals surface area contributed by atoms with Crippen molar-refractivity contribution in [3.8, 4) is 0 Å². The largest absolute Gasteiger partial charge is 0.480 e. The van der Waals surface area contributed by atoms with Gasteiger partial charge in [-0.15, -0.1) is 0 Å². The Morgan fingerprint density at radius 3 is 2.45 bits per heavy atom. The first kappa shape index (κ1) is 10.7. The number of carboxylic acid groups (broad SMARTS) is 1. The number of hydrogen-bond acceptors (Lipinski definition) is 4. The van der Waals surface area contributed by atoms with E-state index in [-0.39, 0.29) is 0 Å². The summed E-state index contributed by atoms with van der Waals surface area (Å²) in [6.45, 7) is 2.15. The number of piperazine rings is 1. The van der Waals surface area contributed by atoms with Gasteiger partial charge in [-0.3, -0.25) is 4.79 Å². The van der Waals surface area contributed by atoms with Crippen LogP contribution in [0.15, 0.2) is 0 Å². The summed E-state index contributed by atoms with van der Waals surface area (Å²) < 4.78 is 0. The maximum atomic E-state index is 10.3. The summed E-state index contributed by atoms with van der Waals surface area (Å²) in [5, 5.41) is 14.3. The molecular weight excluding hydrogens is 164 g/mol. The number of carbonyl (C=O) groups is 1. The lowest BCUT2D eigenvalue weighted by Crippen LogP contribution is -2.52. The van der Waals surface area contributed by atoms with Crippen molar-refractivity contribution in [1.29, 1.82) is 0 Å². The van der Waals surface area contributed by atoms with Gasteiger partial charge >= 0.3 is 5.97 Å². The first-order valence-corrected chi connectivity index (χ1v) is 4.32. The molecule has 4 nitrogen and oxygen atoms in total. The fourth-order valence-electron chi connectivity index (χ4n) is 0.828. The van der Waals surface area contributed by atoms with Crippen LogP contribution in [0.2, 0.25) is 0 Å². The van der Waals surface area contributed by atoms with E-state index in [0.717, 1.165) is 13.1 Å². The van der Waals surface area contributed by atoms with Gasteiger partial charge in [-0.05, 0) is 6.26 Å². The Morgan fingerprint density at radius 2 is 2.18 bits per heavy atom. The highest BCUT2D eigenvalue weighted by atomic mass is 32.1. The molecule has 1 aliphatic heterocycles. The molecule has 0 spiro atoms. The number of nitrogens with one attached hydrogen (secondary N) is 2. The molecule has 1 unspecified atom stereocenters. The zero-order valence-electron chi connectivity index (χ0n) is 6.50. The van der Waals surface area contributed by atoms with Gasteiger partial charge in [0, 0.05) is 19.6 Å². The number of aliphatic carboxylic acids is 1. The fourth-order valence-corrected chi connectivity index (χ4v) is 0.828. The predicted octanol–water partition coefficient (Wildman–Crippen LogP) is -0.822. The Kier molecular flexibility index (Phi) is 6.30. The van der Waals surface area contributed by atoms with E-state index in [1.54, 1.807) is 6.26 Å². The van der Waals surface area contributed by atoms with E-state index in [4.69, 9.17) is 5.11 Å². The molecule has 0 aromatic heterocycles. The van der Waals surface area contributed by atoms with Crippen LogP contribution in [0.25, 0.3) is 0 Å². The van der Waals surface area contributed by atoms with E-state index in [0.29, 0.717) is 6.54 Å². The first-order chi connectivity index (χ1) is 5.30. The van der Waals surface area contributed by atoms with E-state index >= 15 is 0 Å². The van der Waals surface area contributed by atoms with Crippen molar-refractivity contribution in [3.63, 3.8) is 0 Å². The van der Waals surface area contributed by atoms with Crippen LogP contribution in [-0.4, -0.2) is 43.0 Å². The number of hydrogen-bond donors (Lipinski definition) is 4. The Balaban J connectivity index is 0.000000461. The maximum absolute atomic E-state index is 10.3. The topological polar surface area (TPSA) is 61.4 Å². The summed E-state index contributed by atoms with van der Waals surface area (Å²) in [6.07, 6.45) is 1.69. The van der Waals surface area contributed by atoms with E-state index in [2.05, 4.69) is 23.3 Å². The van der Waals surface area contributed by atoms with Crippen LogP contribution in [0, 0.1) is 0 Å². The zero-order valence-corrected chi connectivity index (χ0v) is 7.40. The SMILES string of the molecule is CS.O=C(O)C1CNCCN1. The van der Waals surface area contributed by atoms with Crippen molar-refractivity contribution in [2.75, 3.05) is 25.9 Å². The third kappa shape index (κ3) is 4.23. The molecule has 11 heavy (non-hydrogen) atoms. The molecule has 0 aromatic rings. The van der Waals surface area contributed by atoms with Crippen molar-refractivity contribution in [2.45, 2.75) is 6.04 Å². The summed E-state index contributed by atoms with van der Waals surface area (Å²) in [5.41, 5.74) is 0. The van der Waals surface area contributed by atoms with Gasteiger partial charge in [0.2, 0.25) is 0 Å². The molecule has 0 aromatic carbocycles. The van der Waals surface area contributed by atoms with Gasteiger partial charge < -0.3 is 15.7 Å². The molecule has 0 saturated carbocycles. The lowest BCUT2D eigenvalue weighted by molar-refractivity contribution is -0.139. The van der Waals surface area contributed by atoms with Crippen LogP contribution >= 0.6 is 12.6 Å². The minimum atomic E-state index is -0.776. The minimum Gasteiger partial charge on any atom is -0.480 e. The average molecular weight is 178 g/mol. The highest BCUT2D eigenvalue weighted by Crippen LogP contribution is 1.84. The monoisotopic (exact) mass is 178 g/mol. The molecule has 0 bridgehead atoms. The number of rotatable bonds is 1. The van der Waals surface area contributed by atoms with Gasteiger partial charge in [0.25, 0.3) is 0 Å². The molecule has 0 aliphatic carbocycles. The average Bonchev–Trinajstić information content (AvgIpc) is 2.10. The lowest BCUT2D eigenvalue weighted by Gasteiger charge is -2.20. The molecule has 0 amide bonds. The second kappa shape index (κ2) is 6.45. The van der Waals surface area contributed by atoms with Crippen LogP contribution in [0.1, 0.15) is 0 Å². The molecule has 1 fully saturated rings. The summed E-state index contributed by atoms with van der Waals surface area (Å²) in [5.74, 6) is -0.776. The van der Waals surface area contributed by atoms with Crippen LogP contribution in [0.5, 0.6) is 0 Å². The van der Waals surface area contributed by atoms with Crippen LogP contribution in [0.4, 0.5) is 0 Å². The molecule has 3 N–H and O–H groups in total. The van der Waals surface area contributed by atoms with Gasteiger partial charge in [-0.2, -0.15) is 12.6 Å². The van der Waals surface area contributed by atoms with E-state index in [9.17, 15) is 4.79 Å². The second-order valence-corrected chi connectivity index (χ2v) is 2.05. The fraction of sp³-hybridized carbons (Fsp3) is 0.833. The molecule has 1 aliphatic rings. The van der Waals surface area contributed by atoms with Crippen molar-refractivity contribution >= 4 is 18.6 Å². The third-order valence-electron chi connectivity index (χ3n) is 1.34. The molecule has 1 heterocycles. The van der Waals surface area contributed by atoms with Gasteiger partial charge in [0.1, 0.15) is 6.04 Å². The molecule has 5 heteroatoms. The maximum Gasteiger partial charge on any atom is 0.322 e. The lowest BCUT2D eigenvalue weighted by atomic mass is 10.2. The third-order valence-corrected chi connectivity index (χ3v) is 1.34. The van der Waals surface area contributed by atoms with Crippen molar-refractivity contribution in [3.05, 3.63) is 0 Å². The van der Waals surface area contributed by atoms with Gasteiger partial charge in [-0.25, -0.2) is 0 Å². The Morgan fingerprint density at radius 1 is 1.55 bits per heavy atom. The Labute approximate surface area is 71.8 Å². The smallest absolute Gasteiger partial charge is 0.322 e. The summed E-state index contributed by atoms with van der Waals surface area (Å²) >= 11 is 3.53. The quantitative estimate of drug-likeness (QED) is 0.396. The van der Waals surface area contributed by atoms with Crippen molar-refractivity contribution < 1.29 is 9.90 Å². The summed E-state index contributed by atoms with van der Waals surface area (Å²) in [7, 11) is 0. The Bertz CT molecular complexity index is 115. The highest BCUT2D eigenvalue weighted by Gasteiger charge is 2.18. The molecule has 1 rings (SSSR count). The van der Waals surface area contributed by atoms with E-state index in [1.165, 1.54) is 0 Å².